The van der Waals surface area contributed by atoms with Crippen LogP contribution in [0.15, 0.2) is 0 Å². The number of rotatable bonds is 6. The summed E-state index contributed by atoms with van der Waals surface area (Å²) in [5, 5.41) is 12.7. The molecule has 0 aromatic rings. The first kappa shape index (κ1) is 12.0. The third-order valence-electron chi connectivity index (χ3n) is 3.26. The zero-order chi connectivity index (χ0) is 10.4. The van der Waals surface area contributed by atoms with Crippen molar-refractivity contribution in [3.05, 3.63) is 0 Å². The Labute approximate surface area is 88.1 Å². The van der Waals surface area contributed by atoms with Gasteiger partial charge < -0.3 is 10.4 Å². The molecule has 2 N–H and O–H groups in total. The Morgan fingerprint density at radius 1 is 1.43 bits per heavy atom. The van der Waals surface area contributed by atoms with Crippen molar-refractivity contribution in [3.63, 3.8) is 0 Å². The second kappa shape index (κ2) is 6.41. The minimum atomic E-state index is -0.206. The van der Waals surface area contributed by atoms with Crippen LogP contribution >= 0.6 is 0 Å². The summed E-state index contributed by atoms with van der Waals surface area (Å²) in [7, 11) is 0. The molecular formula is C12H25NO. The van der Waals surface area contributed by atoms with Crippen LogP contribution in [0.1, 0.15) is 52.4 Å². The molecule has 3 atom stereocenters. The van der Waals surface area contributed by atoms with Gasteiger partial charge in [-0.25, -0.2) is 0 Å². The number of hydrogen-bond acceptors (Lipinski definition) is 2. The molecule has 0 heterocycles. The van der Waals surface area contributed by atoms with E-state index in [1.54, 1.807) is 0 Å². The van der Waals surface area contributed by atoms with Crippen molar-refractivity contribution in [2.75, 3.05) is 6.54 Å². The van der Waals surface area contributed by atoms with Gasteiger partial charge in [-0.05, 0) is 32.1 Å². The van der Waals surface area contributed by atoms with Crippen molar-refractivity contribution in [2.24, 2.45) is 5.92 Å². The van der Waals surface area contributed by atoms with Crippen molar-refractivity contribution in [1.29, 1.82) is 0 Å². The van der Waals surface area contributed by atoms with Gasteiger partial charge in [0.2, 0.25) is 0 Å². The second-order valence-corrected chi connectivity index (χ2v) is 4.70. The fourth-order valence-corrected chi connectivity index (χ4v) is 2.44. The van der Waals surface area contributed by atoms with Gasteiger partial charge in [-0.2, -0.15) is 0 Å². The van der Waals surface area contributed by atoms with Crippen molar-refractivity contribution in [2.45, 2.75) is 64.5 Å². The number of hydrogen-bond donors (Lipinski definition) is 2. The Balaban J connectivity index is 2.21. The maximum Gasteiger partial charge on any atom is 0.0636 e. The molecule has 1 rings (SSSR count). The molecule has 84 valence electrons. The van der Waals surface area contributed by atoms with E-state index in [9.17, 15) is 5.11 Å². The molecule has 0 aliphatic heterocycles. The highest BCUT2D eigenvalue weighted by molar-refractivity contribution is 4.83. The summed E-state index contributed by atoms with van der Waals surface area (Å²) in [5.41, 5.74) is 0. The summed E-state index contributed by atoms with van der Waals surface area (Å²) in [5.74, 6) is 0.869. The first-order valence-electron chi connectivity index (χ1n) is 6.15. The molecule has 1 saturated carbocycles. The van der Waals surface area contributed by atoms with Crippen molar-refractivity contribution >= 4 is 0 Å². The fourth-order valence-electron chi connectivity index (χ4n) is 2.44. The minimum Gasteiger partial charge on any atom is -0.392 e. The molecule has 0 aromatic heterocycles. The largest absolute Gasteiger partial charge is 0.392 e. The Bertz CT molecular complexity index is 147. The highest BCUT2D eigenvalue weighted by atomic mass is 16.3. The van der Waals surface area contributed by atoms with Gasteiger partial charge in [0.1, 0.15) is 0 Å². The van der Waals surface area contributed by atoms with E-state index in [-0.39, 0.29) is 6.10 Å². The maximum absolute atomic E-state index is 9.21. The summed E-state index contributed by atoms with van der Waals surface area (Å²) in [6, 6.07) is 0.677. The molecule has 2 nitrogen and oxygen atoms in total. The average molecular weight is 199 g/mol. The van der Waals surface area contributed by atoms with Gasteiger partial charge in [0.15, 0.2) is 0 Å². The number of aliphatic hydroxyl groups is 1. The van der Waals surface area contributed by atoms with E-state index >= 15 is 0 Å². The summed E-state index contributed by atoms with van der Waals surface area (Å²) < 4.78 is 0. The van der Waals surface area contributed by atoms with Gasteiger partial charge in [-0.1, -0.05) is 26.2 Å². The molecule has 0 saturated heterocycles. The van der Waals surface area contributed by atoms with Gasteiger partial charge in [-0.3, -0.25) is 0 Å². The molecular weight excluding hydrogens is 174 g/mol. The highest BCUT2D eigenvalue weighted by Crippen LogP contribution is 2.29. The van der Waals surface area contributed by atoms with Crippen LogP contribution < -0.4 is 5.32 Å². The standard InChI is InChI=1S/C12H25NO/c1-3-4-6-11-7-5-8-12(11)13-9-10(2)14/h10-14H,3-9H2,1-2H3/t10-,11?,12?/m0/s1. The van der Waals surface area contributed by atoms with Crippen LogP contribution in [-0.2, 0) is 0 Å². The fraction of sp³-hybridized carbons (Fsp3) is 1.00. The predicted molar refractivity (Wildman–Crippen MR) is 60.3 cm³/mol. The lowest BCUT2D eigenvalue weighted by atomic mass is 9.97. The quantitative estimate of drug-likeness (QED) is 0.688. The van der Waals surface area contributed by atoms with Crippen LogP contribution in [0.5, 0.6) is 0 Å². The van der Waals surface area contributed by atoms with E-state index in [0.717, 1.165) is 12.5 Å². The van der Waals surface area contributed by atoms with Crippen LogP contribution in [0, 0.1) is 5.92 Å². The number of aliphatic hydroxyl groups excluding tert-OH is 1. The van der Waals surface area contributed by atoms with Crippen molar-refractivity contribution in [1.82, 2.24) is 5.32 Å². The maximum atomic E-state index is 9.21. The Kier molecular flexibility index (Phi) is 5.49. The topological polar surface area (TPSA) is 32.3 Å². The smallest absolute Gasteiger partial charge is 0.0636 e. The minimum absolute atomic E-state index is 0.206. The molecule has 0 radical (unpaired) electrons. The summed E-state index contributed by atoms with van der Waals surface area (Å²) in [4.78, 5) is 0. The first-order chi connectivity index (χ1) is 6.74. The third kappa shape index (κ3) is 3.97. The van der Waals surface area contributed by atoms with Gasteiger partial charge in [0.05, 0.1) is 6.10 Å². The molecule has 1 aliphatic rings. The van der Waals surface area contributed by atoms with E-state index in [4.69, 9.17) is 0 Å². The molecule has 1 aliphatic carbocycles. The molecule has 0 amide bonds. The highest BCUT2D eigenvalue weighted by Gasteiger charge is 2.25. The van der Waals surface area contributed by atoms with E-state index in [1.807, 2.05) is 6.92 Å². The first-order valence-corrected chi connectivity index (χ1v) is 6.15. The molecule has 2 unspecified atom stereocenters. The van der Waals surface area contributed by atoms with Crippen LogP contribution in [0.3, 0.4) is 0 Å². The van der Waals surface area contributed by atoms with Crippen LogP contribution in [0.4, 0.5) is 0 Å². The predicted octanol–water partition coefficient (Wildman–Crippen LogP) is 2.32. The average Bonchev–Trinajstić information content (AvgIpc) is 2.58. The van der Waals surface area contributed by atoms with Crippen molar-refractivity contribution < 1.29 is 5.11 Å². The normalized spacial score (nSPS) is 29.4. The third-order valence-corrected chi connectivity index (χ3v) is 3.26. The molecule has 1 fully saturated rings. The van der Waals surface area contributed by atoms with E-state index < -0.39 is 0 Å². The summed E-state index contributed by atoms with van der Waals surface area (Å²) >= 11 is 0. The van der Waals surface area contributed by atoms with Gasteiger partial charge in [-0.15, -0.1) is 0 Å². The van der Waals surface area contributed by atoms with Gasteiger partial charge in [0, 0.05) is 12.6 Å². The van der Waals surface area contributed by atoms with E-state index in [1.165, 1.54) is 38.5 Å². The summed E-state index contributed by atoms with van der Waals surface area (Å²) in [6.45, 7) is 4.86. The lowest BCUT2D eigenvalue weighted by Crippen LogP contribution is -2.36. The summed E-state index contributed by atoms with van der Waals surface area (Å²) in [6.07, 6.45) is 7.89. The lowest BCUT2D eigenvalue weighted by Gasteiger charge is -2.21. The molecule has 0 aromatic carbocycles. The number of unbranched alkanes of at least 4 members (excludes halogenated alkanes) is 1. The molecule has 0 spiro atoms. The second-order valence-electron chi connectivity index (χ2n) is 4.70. The van der Waals surface area contributed by atoms with E-state index in [2.05, 4.69) is 12.2 Å². The monoisotopic (exact) mass is 199 g/mol. The lowest BCUT2D eigenvalue weighted by molar-refractivity contribution is 0.181. The SMILES string of the molecule is CCCCC1CCCC1NC[C@H](C)O. The molecule has 14 heavy (non-hydrogen) atoms. The Hall–Kier alpha value is -0.0800. The van der Waals surface area contributed by atoms with E-state index in [0.29, 0.717) is 6.04 Å². The van der Waals surface area contributed by atoms with Crippen LogP contribution in [-0.4, -0.2) is 23.8 Å². The van der Waals surface area contributed by atoms with Gasteiger partial charge in [0.25, 0.3) is 0 Å². The zero-order valence-corrected chi connectivity index (χ0v) is 9.63. The Morgan fingerprint density at radius 3 is 2.86 bits per heavy atom. The molecule has 2 heteroatoms. The van der Waals surface area contributed by atoms with Crippen molar-refractivity contribution in [3.8, 4) is 0 Å². The number of nitrogens with one attached hydrogen (secondary N) is 1. The van der Waals surface area contributed by atoms with Crippen LogP contribution in [0.2, 0.25) is 0 Å². The zero-order valence-electron chi connectivity index (χ0n) is 9.63. The Morgan fingerprint density at radius 2 is 2.21 bits per heavy atom. The molecule has 0 bridgehead atoms. The van der Waals surface area contributed by atoms with Crippen LogP contribution in [0.25, 0.3) is 0 Å². The van der Waals surface area contributed by atoms with Gasteiger partial charge >= 0.3 is 0 Å².